The molecule has 4 aromatic rings. The van der Waals surface area contributed by atoms with Crippen molar-refractivity contribution in [2.24, 2.45) is 7.05 Å². The molecule has 27 heavy (non-hydrogen) atoms. The summed E-state index contributed by atoms with van der Waals surface area (Å²) in [6.07, 6.45) is 1.65. The van der Waals surface area contributed by atoms with E-state index in [2.05, 4.69) is 35.9 Å². The lowest BCUT2D eigenvalue weighted by molar-refractivity contribution is 0.574. The number of aryl methyl sites for hydroxylation is 2. The molecule has 0 bridgehead atoms. The Balaban J connectivity index is 1.65. The van der Waals surface area contributed by atoms with Gasteiger partial charge in [-0.25, -0.2) is 8.78 Å². The quantitative estimate of drug-likeness (QED) is 0.500. The summed E-state index contributed by atoms with van der Waals surface area (Å²) in [5.74, 6) is 0.150. The lowest BCUT2D eigenvalue weighted by Gasteiger charge is -2.09. The van der Waals surface area contributed by atoms with Gasteiger partial charge < -0.3 is 10.6 Å². The van der Waals surface area contributed by atoms with Crippen LogP contribution in [-0.4, -0.2) is 29.9 Å². The topological polar surface area (TPSA) is 96.3 Å². The van der Waals surface area contributed by atoms with Gasteiger partial charge in [0.25, 0.3) is 0 Å². The number of fused-ring (bicyclic) bond motifs is 1. The Kier molecular flexibility index (Phi) is 4.15. The second kappa shape index (κ2) is 6.63. The van der Waals surface area contributed by atoms with E-state index in [1.54, 1.807) is 17.9 Å². The number of halogens is 2. The molecule has 1 aromatic carbocycles. The highest BCUT2D eigenvalue weighted by molar-refractivity contribution is 5.89. The highest BCUT2D eigenvalue weighted by Gasteiger charge is 2.13. The number of H-pyrrole nitrogens is 1. The Labute approximate surface area is 152 Å². The van der Waals surface area contributed by atoms with Crippen LogP contribution < -0.4 is 10.6 Å². The molecule has 4 rings (SSSR count). The maximum atomic E-state index is 13.8. The van der Waals surface area contributed by atoms with Gasteiger partial charge in [-0.3, -0.25) is 9.78 Å². The lowest BCUT2D eigenvalue weighted by Crippen LogP contribution is -2.08. The van der Waals surface area contributed by atoms with Crippen molar-refractivity contribution in [3.8, 4) is 0 Å². The molecule has 0 amide bonds. The molecule has 0 aliphatic carbocycles. The summed E-state index contributed by atoms with van der Waals surface area (Å²) in [6, 6.07) is 5.27. The number of rotatable bonds is 5. The van der Waals surface area contributed by atoms with Gasteiger partial charge >= 0.3 is 0 Å². The molecule has 0 fully saturated rings. The number of aromatic amines is 1. The van der Waals surface area contributed by atoms with Gasteiger partial charge in [-0.05, 0) is 13.0 Å². The first-order valence-electron chi connectivity index (χ1n) is 8.16. The minimum absolute atomic E-state index is 0.108. The van der Waals surface area contributed by atoms with Gasteiger partial charge in [-0.1, -0.05) is 6.07 Å². The number of hydrogen-bond acceptors (Lipinski definition) is 6. The summed E-state index contributed by atoms with van der Waals surface area (Å²) in [5, 5.41) is 18.0. The molecular formula is C17H16F2N8. The van der Waals surface area contributed by atoms with Crippen molar-refractivity contribution in [1.29, 1.82) is 0 Å². The fourth-order valence-electron chi connectivity index (χ4n) is 2.64. The predicted octanol–water partition coefficient (Wildman–Crippen LogP) is 3.03. The summed E-state index contributed by atoms with van der Waals surface area (Å²) < 4.78 is 28.5. The van der Waals surface area contributed by atoms with Crippen molar-refractivity contribution in [3.63, 3.8) is 0 Å². The number of nitrogens with one attached hydrogen (secondary N) is 3. The van der Waals surface area contributed by atoms with Crippen LogP contribution in [0.2, 0.25) is 0 Å². The van der Waals surface area contributed by atoms with E-state index >= 15 is 0 Å². The van der Waals surface area contributed by atoms with Crippen LogP contribution in [0, 0.1) is 18.6 Å². The largest absolute Gasteiger partial charge is 0.350 e. The van der Waals surface area contributed by atoms with Crippen LogP contribution in [0.1, 0.15) is 11.3 Å². The van der Waals surface area contributed by atoms with Crippen molar-refractivity contribution >= 4 is 28.6 Å². The van der Waals surface area contributed by atoms with Gasteiger partial charge in [0.05, 0.1) is 11.6 Å². The summed E-state index contributed by atoms with van der Waals surface area (Å²) >= 11 is 0. The zero-order chi connectivity index (χ0) is 19.0. The van der Waals surface area contributed by atoms with Crippen molar-refractivity contribution in [3.05, 3.63) is 53.4 Å². The molecule has 0 aliphatic heterocycles. The molecule has 3 N–H and O–H groups in total. The van der Waals surface area contributed by atoms with Gasteiger partial charge in [0.2, 0.25) is 5.95 Å². The van der Waals surface area contributed by atoms with E-state index in [9.17, 15) is 8.78 Å². The van der Waals surface area contributed by atoms with Gasteiger partial charge in [0.15, 0.2) is 11.5 Å². The highest BCUT2D eigenvalue weighted by atomic mass is 19.1. The fraction of sp³-hybridized carbons (Fsp3) is 0.176. The number of hydrogen-bond donors (Lipinski definition) is 3. The molecular weight excluding hydrogens is 354 g/mol. The average Bonchev–Trinajstić information content (AvgIpc) is 3.20. The molecule has 0 spiro atoms. The van der Waals surface area contributed by atoms with Crippen LogP contribution in [0.5, 0.6) is 0 Å². The summed E-state index contributed by atoms with van der Waals surface area (Å²) in [4.78, 5) is 8.86. The van der Waals surface area contributed by atoms with Gasteiger partial charge in [-0.2, -0.15) is 20.2 Å². The lowest BCUT2D eigenvalue weighted by atomic mass is 10.2. The summed E-state index contributed by atoms with van der Waals surface area (Å²) in [5.41, 5.74) is 1.81. The first-order chi connectivity index (χ1) is 13.0. The Morgan fingerprint density at radius 1 is 1.19 bits per heavy atom. The minimum atomic E-state index is -0.630. The van der Waals surface area contributed by atoms with Crippen molar-refractivity contribution < 1.29 is 8.78 Å². The van der Waals surface area contributed by atoms with Crippen molar-refractivity contribution in [2.45, 2.75) is 13.5 Å². The number of aromatic nitrogens is 6. The van der Waals surface area contributed by atoms with Crippen LogP contribution in [0.15, 0.2) is 30.5 Å². The van der Waals surface area contributed by atoms with E-state index in [0.29, 0.717) is 22.8 Å². The molecule has 0 unspecified atom stereocenters. The zero-order valence-electron chi connectivity index (χ0n) is 14.6. The maximum Gasteiger partial charge on any atom is 0.227 e. The third kappa shape index (κ3) is 3.41. The summed E-state index contributed by atoms with van der Waals surface area (Å²) in [6.45, 7) is 2.00. The minimum Gasteiger partial charge on any atom is -0.350 e. The van der Waals surface area contributed by atoms with Crippen LogP contribution in [-0.2, 0) is 13.6 Å². The molecule has 0 saturated heterocycles. The Hall–Kier alpha value is -3.56. The van der Waals surface area contributed by atoms with Crippen LogP contribution in [0.4, 0.5) is 26.4 Å². The van der Waals surface area contributed by atoms with Gasteiger partial charge in [0, 0.05) is 37.0 Å². The van der Waals surface area contributed by atoms with E-state index in [1.165, 1.54) is 12.1 Å². The molecule has 138 valence electrons. The van der Waals surface area contributed by atoms with Gasteiger partial charge in [0.1, 0.15) is 17.5 Å². The molecule has 3 heterocycles. The Morgan fingerprint density at radius 3 is 2.78 bits per heavy atom. The SMILES string of the molecule is Cc1cc(Nc2nc(NCc3ccc(F)cc3F)nc3c2cnn3C)n[nH]1. The van der Waals surface area contributed by atoms with Crippen molar-refractivity contribution in [1.82, 2.24) is 29.9 Å². The van der Waals surface area contributed by atoms with E-state index in [4.69, 9.17) is 0 Å². The van der Waals surface area contributed by atoms with E-state index < -0.39 is 11.6 Å². The first kappa shape index (κ1) is 16.9. The second-order valence-electron chi connectivity index (χ2n) is 6.05. The first-order valence-corrected chi connectivity index (χ1v) is 8.16. The van der Waals surface area contributed by atoms with E-state index in [1.807, 2.05) is 13.0 Å². The number of anilines is 3. The van der Waals surface area contributed by atoms with Gasteiger partial charge in [-0.15, -0.1) is 0 Å². The predicted molar refractivity (Wildman–Crippen MR) is 96.6 cm³/mol. The maximum absolute atomic E-state index is 13.8. The normalized spacial score (nSPS) is 11.1. The summed E-state index contributed by atoms with van der Waals surface area (Å²) in [7, 11) is 1.77. The molecule has 3 aromatic heterocycles. The molecule has 8 nitrogen and oxygen atoms in total. The number of nitrogens with zero attached hydrogens (tertiary/aromatic N) is 5. The monoisotopic (exact) mass is 370 g/mol. The molecule has 0 aliphatic rings. The average molecular weight is 370 g/mol. The molecule has 0 radical (unpaired) electrons. The van der Waals surface area contributed by atoms with Crippen LogP contribution >= 0.6 is 0 Å². The molecule has 10 heteroatoms. The highest BCUT2D eigenvalue weighted by Crippen LogP contribution is 2.24. The number of benzene rings is 1. The Morgan fingerprint density at radius 2 is 2.04 bits per heavy atom. The Bertz CT molecular complexity index is 1120. The molecule has 0 saturated carbocycles. The van der Waals surface area contributed by atoms with Crippen LogP contribution in [0.3, 0.4) is 0 Å². The fourth-order valence-corrected chi connectivity index (χ4v) is 2.64. The third-order valence-electron chi connectivity index (χ3n) is 4.00. The smallest absolute Gasteiger partial charge is 0.227 e. The standard InChI is InChI=1S/C17H16F2N8/c1-9-5-14(26-25-9)22-15-12-8-21-27(2)16(12)24-17(23-15)20-7-10-3-4-11(18)6-13(10)19/h3-6,8H,7H2,1-2H3,(H3,20,22,23,24,25,26). The van der Waals surface area contributed by atoms with E-state index in [0.717, 1.165) is 17.1 Å². The van der Waals surface area contributed by atoms with E-state index in [-0.39, 0.29) is 12.5 Å². The molecule has 0 atom stereocenters. The van der Waals surface area contributed by atoms with Crippen molar-refractivity contribution in [2.75, 3.05) is 10.6 Å². The third-order valence-corrected chi connectivity index (χ3v) is 4.00. The zero-order valence-corrected chi connectivity index (χ0v) is 14.6. The van der Waals surface area contributed by atoms with Crippen LogP contribution in [0.25, 0.3) is 11.0 Å². The second-order valence-corrected chi connectivity index (χ2v) is 6.05.